The third-order valence-electron chi connectivity index (χ3n) is 4.20. The molecule has 1 aliphatic rings. The number of carboxylic acids is 1. The molecular formula is C16H18F3NO3S. The maximum Gasteiger partial charge on any atom is 0.397 e. The molecule has 0 saturated carbocycles. The number of likely N-dealkylation sites (tertiary alicyclic amines) is 1. The van der Waals surface area contributed by atoms with E-state index in [-0.39, 0.29) is 37.6 Å². The molecular weight excluding hydrogens is 343 g/mol. The number of rotatable bonds is 5. The number of carboxylic acid groups (broad SMARTS) is 1. The summed E-state index contributed by atoms with van der Waals surface area (Å²) in [5, 5.41) is 9.67. The summed E-state index contributed by atoms with van der Waals surface area (Å²) in [6.07, 6.45) is -3.79. The van der Waals surface area contributed by atoms with Gasteiger partial charge in [-0.1, -0.05) is 30.3 Å². The molecule has 0 radical (unpaired) electrons. The van der Waals surface area contributed by atoms with Gasteiger partial charge >= 0.3 is 12.1 Å². The normalized spacial score (nSPS) is 17.5. The Bertz CT molecular complexity index is 584. The standard InChI is InChI=1S/C16H18F3NO3S/c17-16(18,19)11-24-10-13(21)20-8-6-15(7-9-20,14(22)23)12-4-2-1-3-5-12/h1-5H,6-11H2,(H,22,23). The molecule has 4 nitrogen and oxygen atoms in total. The summed E-state index contributed by atoms with van der Waals surface area (Å²) in [5.74, 6) is -2.62. The number of thioether (sulfide) groups is 1. The van der Waals surface area contributed by atoms with E-state index in [2.05, 4.69) is 0 Å². The second kappa shape index (κ2) is 7.46. The summed E-state index contributed by atoms with van der Waals surface area (Å²) in [4.78, 5) is 25.2. The van der Waals surface area contributed by atoms with Crippen molar-refractivity contribution in [3.05, 3.63) is 35.9 Å². The number of carbonyl (C=O) groups is 2. The maximum absolute atomic E-state index is 12.1. The van der Waals surface area contributed by atoms with Crippen molar-refractivity contribution < 1.29 is 27.9 Å². The molecule has 0 unspecified atom stereocenters. The van der Waals surface area contributed by atoms with Crippen molar-refractivity contribution in [2.45, 2.75) is 24.4 Å². The van der Waals surface area contributed by atoms with Crippen LogP contribution in [0.2, 0.25) is 0 Å². The Kier molecular flexibility index (Phi) is 5.79. The Labute approximate surface area is 142 Å². The lowest BCUT2D eigenvalue weighted by molar-refractivity contribution is -0.148. The molecule has 1 aliphatic heterocycles. The first-order valence-electron chi connectivity index (χ1n) is 7.46. The second-order valence-electron chi connectivity index (χ2n) is 5.74. The van der Waals surface area contributed by atoms with Gasteiger partial charge in [0.05, 0.1) is 16.9 Å². The first-order valence-corrected chi connectivity index (χ1v) is 8.61. The third-order valence-corrected chi connectivity index (χ3v) is 5.18. The summed E-state index contributed by atoms with van der Waals surface area (Å²) in [6, 6.07) is 8.85. The number of alkyl halides is 3. The van der Waals surface area contributed by atoms with Crippen LogP contribution >= 0.6 is 11.8 Å². The molecule has 0 atom stereocenters. The first-order chi connectivity index (χ1) is 11.2. The van der Waals surface area contributed by atoms with Crippen LogP contribution in [0.3, 0.4) is 0 Å². The second-order valence-corrected chi connectivity index (χ2v) is 6.73. The minimum Gasteiger partial charge on any atom is -0.481 e. The summed E-state index contributed by atoms with van der Waals surface area (Å²) in [6.45, 7) is 0.458. The number of hydrogen-bond donors (Lipinski definition) is 1. The average molecular weight is 361 g/mol. The Balaban J connectivity index is 1.96. The lowest BCUT2D eigenvalue weighted by Gasteiger charge is -2.39. The van der Waals surface area contributed by atoms with Gasteiger partial charge in [0.25, 0.3) is 0 Å². The molecule has 1 heterocycles. The van der Waals surface area contributed by atoms with Gasteiger partial charge in [-0.3, -0.25) is 9.59 Å². The predicted octanol–water partition coefficient (Wildman–Crippen LogP) is 2.93. The number of hydrogen-bond acceptors (Lipinski definition) is 3. The van der Waals surface area contributed by atoms with E-state index in [1.54, 1.807) is 30.3 Å². The van der Waals surface area contributed by atoms with E-state index >= 15 is 0 Å². The van der Waals surface area contributed by atoms with Crippen LogP contribution in [0.25, 0.3) is 0 Å². The van der Waals surface area contributed by atoms with Crippen molar-refractivity contribution >= 4 is 23.6 Å². The number of nitrogens with zero attached hydrogens (tertiary/aromatic N) is 1. The van der Waals surface area contributed by atoms with Crippen LogP contribution in [0, 0.1) is 0 Å². The molecule has 1 aromatic carbocycles. The van der Waals surface area contributed by atoms with Crippen molar-refractivity contribution in [3.8, 4) is 0 Å². The molecule has 24 heavy (non-hydrogen) atoms. The number of amides is 1. The van der Waals surface area contributed by atoms with Crippen LogP contribution < -0.4 is 0 Å². The average Bonchev–Trinajstić information content (AvgIpc) is 2.54. The van der Waals surface area contributed by atoms with Crippen molar-refractivity contribution in [1.29, 1.82) is 0 Å². The molecule has 1 aromatic rings. The third kappa shape index (κ3) is 4.43. The van der Waals surface area contributed by atoms with Gasteiger partial charge in [-0.05, 0) is 18.4 Å². The lowest BCUT2D eigenvalue weighted by Crippen LogP contribution is -2.49. The summed E-state index contributed by atoms with van der Waals surface area (Å²) >= 11 is 0.532. The van der Waals surface area contributed by atoms with Crippen LogP contribution in [0.1, 0.15) is 18.4 Å². The zero-order valence-corrected chi connectivity index (χ0v) is 13.7. The van der Waals surface area contributed by atoms with E-state index in [1.807, 2.05) is 0 Å². The van der Waals surface area contributed by atoms with Gasteiger partial charge in [0.2, 0.25) is 5.91 Å². The number of halogens is 3. The van der Waals surface area contributed by atoms with E-state index < -0.39 is 23.3 Å². The molecule has 1 saturated heterocycles. The molecule has 0 spiro atoms. The van der Waals surface area contributed by atoms with E-state index in [0.717, 1.165) is 0 Å². The Morgan fingerprint density at radius 3 is 2.25 bits per heavy atom. The highest BCUT2D eigenvalue weighted by molar-refractivity contribution is 8.00. The molecule has 0 aliphatic carbocycles. The first kappa shape index (κ1) is 18.6. The van der Waals surface area contributed by atoms with E-state index in [4.69, 9.17) is 0 Å². The molecule has 2 rings (SSSR count). The van der Waals surface area contributed by atoms with Gasteiger partial charge in [-0.25, -0.2) is 0 Å². The number of aliphatic carboxylic acids is 1. The predicted molar refractivity (Wildman–Crippen MR) is 84.9 cm³/mol. The van der Waals surface area contributed by atoms with Crippen molar-refractivity contribution in [2.24, 2.45) is 0 Å². The van der Waals surface area contributed by atoms with Gasteiger partial charge in [0, 0.05) is 13.1 Å². The molecule has 1 fully saturated rings. The topological polar surface area (TPSA) is 57.6 Å². The van der Waals surface area contributed by atoms with E-state index in [1.165, 1.54) is 4.90 Å². The number of piperidine rings is 1. The van der Waals surface area contributed by atoms with Crippen LogP contribution in [-0.4, -0.2) is 52.7 Å². The smallest absolute Gasteiger partial charge is 0.397 e. The van der Waals surface area contributed by atoms with Crippen LogP contribution in [0.4, 0.5) is 13.2 Å². The highest BCUT2D eigenvalue weighted by Gasteiger charge is 2.43. The zero-order valence-electron chi connectivity index (χ0n) is 12.9. The highest BCUT2D eigenvalue weighted by atomic mass is 32.2. The number of carbonyl (C=O) groups excluding carboxylic acids is 1. The largest absolute Gasteiger partial charge is 0.481 e. The fraction of sp³-hybridized carbons (Fsp3) is 0.500. The van der Waals surface area contributed by atoms with Gasteiger partial charge in [0.15, 0.2) is 0 Å². The summed E-state index contributed by atoms with van der Waals surface area (Å²) in [7, 11) is 0. The zero-order chi connectivity index (χ0) is 17.8. The van der Waals surface area contributed by atoms with Gasteiger partial charge in [-0.2, -0.15) is 13.2 Å². The van der Waals surface area contributed by atoms with Crippen LogP contribution in [0.15, 0.2) is 30.3 Å². The summed E-state index contributed by atoms with van der Waals surface area (Å²) in [5.41, 5.74) is -0.354. The minimum absolute atomic E-state index is 0.229. The van der Waals surface area contributed by atoms with Crippen molar-refractivity contribution in [3.63, 3.8) is 0 Å². The molecule has 8 heteroatoms. The van der Waals surface area contributed by atoms with E-state index in [9.17, 15) is 27.9 Å². The molecule has 132 valence electrons. The van der Waals surface area contributed by atoms with Crippen LogP contribution in [-0.2, 0) is 15.0 Å². The number of benzene rings is 1. The quantitative estimate of drug-likeness (QED) is 0.876. The Morgan fingerprint density at radius 2 is 1.75 bits per heavy atom. The SMILES string of the molecule is O=C(CSCC(F)(F)F)N1CCC(C(=O)O)(c2ccccc2)CC1. The monoisotopic (exact) mass is 361 g/mol. The van der Waals surface area contributed by atoms with Gasteiger partial charge in [0.1, 0.15) is 0 Å². The van der Waals surface area contributed by atoms with Crippen molar-refractivity contribution in [2.75, 3.05) is 24.6 Å². The fourth-order valence-electron chi connectivity index (χ4n) is 2.87. The van der Waals surface area contributed by atoms with Crippen molar-refractivity contribution in [1.82, 2.24) is 4.90 Å². The fourth-order valence-corrected chi connectivity index (χ4v) is 3.56. The molecule has 1 N–H and O–H groups in total. The molecule has 0 bridgehead atoms. The minimum atomic E-state index is -4.29. The molecule has 0 aromatic heterocycles. The van der Waals surface area contributed by atoms with Gasteiger partial charge < -0.3 is 10.0 Å². The lowest BCUT2D eigenvalue weighted by atomic mass is 9.73. The van der Waals surface area contributed by atoms with Gasteiger partial charge in [-0.15, -0.1) is 11.8 Å². The Hall–Kier alpha value is -1.70. The summed E-state index contributed by atoms with van der Waals surface area (Å²) < 4.78 is 36.3. The Morgan fingerprint density at radius 1 is 1.17 bits per heavy atom. The highest BCUT2D eigenvalue weighted by Crippen LogP contribution is 2.36. The maximum atomic E-state index is 12.1. The molecule has 1 amide bonds. The van der Waals surface area contributed by atoms with Crippen LogP contribution in [0.5, 0.6) is 0 Å². The van der Waals surface area contributed by atoms with E-state index in [0.29, 0.717) is 17.3 Å².